The van der Waals surface area contributed by atoms with Crippen LogP contribution in [0.4, 0.5) is 4.79 Å². The van der Waals surface area contributed by atoms with E-state index in [0.717, 1.165) is 12.1 Å². The SMILES string of the molecule is Cn1c(=O)n(C2CCC(=O)NC2=O)c2cccc(C#CCN3CCO[C@H](CCN(CCc4ccccc4)C(=O)O)C3)c21. The number of aromatic nitrogens is 2. The summed E-state index contributed by atoms with van der Waals surface area (Å²) >= 11 is 0. The lowest BCUT2D eigenvalue weighted by Gasteiger charge is -2.32. The lowest BCUT2D eigenvalue weighted by atomic mass is 10.1. The topological polar surface area (TPSA) is 126 Å². The van der Waals surface area contributed by atoms with Crippen molar-refractivity contribution in [2.24, 2.45) is 7.05 Å². The molecule has 0 bridgehead atoms. The van der Waals surface area contributed by atoms with Crippen LogP contribution >= 0.6 is 0 Å². The number of aryl methyl sites for hydroxylation is 1. The van der Waals surface area contributed by atoms with E-state index in [4.69, 9.17) is 4.74 Å². The number of para-hydroxylation sites is 1. The highest BCUT2D eigenvalue weighted by Gasteiger charge is 2.31. The molecule has 42 heavy (non-hydrogen) atoms. The van der Waals surface area contributed by atoms with Crippen LogP contribution in [0.1, 0.15) is 36.4 Å². The van der Waals surface area contributed by atoms with Crippen LogP contribution in [0, 0.1) is 11.8 Å². The summed E-state index contributed by atoms with van der Waals surface area (Å²) in [4.78, 5) is 52.7. The Morgan fingerprint density at radius 1 is 1.12 bits per heavy atom. The molecule has 0 aliphatic carbocycles. The normalized spacial score (nSPS) is 19.3. The first-order chi connectivity index (χ1) is 20.3. The van der Waals surface area contributed by atoms with Gasteiger partial charge in [0.25, 0.3) is 0 Å². The zero-order valence-electron chi connectivity index (χ0n) is 23.6. The quantitative estimate of drug-likeness (QED) is 0.312. The van der Waals surface area contributed by atoms with Crippen LogP contribution in [0.15, 0.2) is 53.3 Å². The van der Waals surface area contributed by atoms with Crippen molar-refractivity contribution >= 4 is 28.9 Å². The molecule has 5 rings (SSSR count). The zero-order chi connectivity index (χ0) is 29.6. The van der Waals surface area contributed by atoms with E-state index >= 15 is 0 Å². The first-order valence-corrected chi connectivity index (χ1v) is 14.2. The number of fused-ring (bicyclic) bond motifs is 1. The van der Waals surface area contributed by atoms with Gasteiger partial charge in [-0.05, 0) is 37.0 Å². The molecule has 2 N–H and O–H groups in total. The maximum Gasteiger partial charge on any atom is 0.407 e. The smallest absolute Gasteiger partial charge is 0.407 e. The molecule has 2 aromatic carbocycles. The van der Waals surface area contributed by atoms with Gasteiger partial charge in [-0.1, -0.05) is 48.2 Å². The van der Waals surface area contributed by atoms with Crippen LogP contribution in [0.25, 0.3) is 11.0 Å². The van der Waals surface area contributed by atoms with Gasteiger partial charge in [-0.3, -0.25) is 28.9 Å². The van der Waals surface area contributed by atoms with Gasteiger partial charge in [0.1, 0.15) is 6.04 Å². The van der Waals surface area contributed by atoms with Crippen LogP contribution in [-0.4, -0.2) is 87.4 Å². The van der Waals surface area contributed by atoms with E-state index < -0.39 is 18.0 Å². The number of imide groups is 1. The number of carbonyl (C=O) groups is 3. The number of carbonyl (C=O) groups excluding carboxylic acids is 2. The Labute approximate surface area is 243 Å². The predicted octanol–water partition coefficient (Wildman–Crippen LogP) is 1.98. The highest BCUT2D eigenvalue weighted by molar-refractivity contribution is 6.00. The number of hydrogen-bond acceptors (Lipinski definition) is 6. The van der Waals surface area contributed by atoms with Crippen molar-refractivity contribution in [2.75, 3.05) is 39.3 Å². The number of nitrogens with zero attached hydrogens (tertiary/aromatic N) is 4. The highest BCUT2D eigenvalue weighted by atomic mass is 16.5. The average molecular weight is 574 g/mol. The maximum atomic E-state index is 13.1. The third-order valence-electron chi connectivity index (χ3n) is 7.88. The number of morpholine rings is 1. The molecular weight excluding hydrogens is 538 g/mol. The molecule has 2 aliphatic rings. The molecular formula is C31H35N5O6. The van der Waals surface area contributed by atoms with Gasteiger partial charge in [0.05, 0.1) is 35.9 Å². The van der Waals surface area contributed by atoms with E-state index in [2.05, 4.69) is 22.1 Å². The second-order valence-electron chi connectivity index (χ2n) is 10.7. The van der Waals surface area contributed by atoms with Crippen LogP contribution in [0.5, 0.6) is 0 Å². The minimum atomic E-state index is -0.931. The summed E-state index contributed by atoms with van der Waals surface area (Å²) in [5.74, 6) is 5.63. The lowest BCUT2D eigenvalue weighted by molar-refractivity contribution is -0.135. The molecule has 2 aliphatic heterocycles. The van der Waals surface area contributed by atoms with Gasteiger partial charge in [-0.25, -0.2) is 9.59 Å². The Kier molecular flexibility index (Phi) is 9.05. The van der Waals surface area contributed by atoms with Crippen molar-refractivity contribution in [1.29, 1.82) is 0 Å². The third kappa shape index (κ3) is 6.56. The lowest BCUT2D eigenvalue weighted by Crippen LogP contribution is -2.44. The molecule has 220 valence electrons. The second-order valence-corrected chi connectivity index (χ2v) is 10.7. The van der Waals surface area contributed by atoms with E-state index in [-0.39, 0.29) is 30.5 Å². The first kappa shape index (κ1) is 29.1. The van der Waals surface area contributed by atoms with E-state index in [1.54, 1.807) is 13.1 Å². The highest BCUT2D eigenvalue weighted by Crippen LogP contribution is 2.24. The molecule has 11 heteroatoms. The Morgan fingerprint density at radius 2 is 1.93 bits per heavy atom. The van der Waals surface area contributed by atoms with Gasteiger partial charge in [-0.2, -0.15) is 0 Å². The van der Waals surface area contributed by atoms with E-state index in [9.17, 15) is 24.3 Å². The number of benzene rings is 2. The first-order valence-electron chi connectivity index (χ1n) is 14.2. The molecule has 3 aromatic rings. The Hall–Kier alpha value is -4.40. The fourth-order valence-corrected chi connectivity index (χ4v) is 5.63. The molecule has 3 heterocycles. The summed E-state index contributed by atoms with van der Waals surface area (Å²) < 4.78 is 8.88. The molecule has 0 spiro atoms. The largest absolute Gasteiger partial charge is 0.465 e. The van der Waals surface area contributed by atoms with Crippen molar-refractivity contribution in [3.8, 4) is 11.8 Å². The van der Waals surface area contributed by atoms with E-state index in [1.165, 1.54) is 14.0 Å². The van der Waals surface area contributed by atoms with E-state index in [1.807, 2.05) is 42.5 Å². The average Bonchev–Trinajstić information content (AvgIpc) is 3.23. The number of amides is 3. The van der Waals surface area contributed by atoms with Crippen molar-refractivity contribution in [3.05, 3.63) is 70.1 Å². The molecule has 2 saturated heterocycles. The summed E-state index contributed by atoms with van der Waals surface area (Å²) in [6.45, 7) is 3.23. The third-order valence-corrected chi connectivity index (χ3v) is 7.88. The molecule has 2 fully saturated rings. The van der Waals surface area contributed by atoms with Crippen LogP contribution in [-0.2, 0) is 27.8 Å². The summed E-state index contributed by atoms with van der Waals surface area (Å²) in [5, 5.41) is 12.0. The summed E-state index contributed by atoms with van der Waals surface area (Å²) in [7, 11) is 1.66. The molecule has 3 amide bonds. The minimum absolute atomic E-state index is 0.0917. The van der Waals surface area contributed by atoms with Crippen molar-refractivity contribution < 1.29 is 24.2 Å². The van der Waals surface area contributed by atoms with E-state index in [0.29, 0.717) is 62.2 Å². The molecule has 1 aromatic heterocycles. The zero-order valence-corrected chi connectivity index (χ0v) is 23.6. The number of piperidine rings is 1. The van der Waals surface area contributed by atoms with Gasteiger partial charge in [0.2, 0.25) is 11.8 Å². The molecule has 2 atom stereocenters. The molecule has 0 radical (unpaired) electrons. The molecule has 11 nitrogen and oxygen atoms in total. The standard InChI is InChI=1S/C31H35N5O6/c1-33-28-23(9-5-11-25(28)36(30(33)39)26-12-13-27(37)32-29(26)38)10-6-16-34-19-20-42-24(21-34)15-18-35(31(40)41)17-14-22-7-3-2-4-8-22/h2-5,7-9,11,24,26H,12-21H2,1H3,(H,40,41)(H,32,37,38)/t24-,26?/m1/s1. The number of carboxylic acid groups (broad SMARTS) is 1. The summed E-state index contributed by atoms with van der Waals surface area (Å²) in [6, 6.07) is 14.5. The van der Waals surface area contributed by atoms with Gasteiger partial charge in [-0.15, -0.1) is 0 Å². The minimum Gasteiger partial charge on any atom is -0.465 e. The Bertz CT molecular complexity index is 1580. The number of rotatable bonds is 8. The number of nitrogens with one attached hydrogen (secondary N) is 1. The number of ether oxygens (including phenoxy) is 1. The second kappa shape index (κ2) is 13.1. The number of imidazole rings is 1. The summed E-state index contributed by atoms with van der Waals surface area (Å²) in [6.07, 6.45) is 0.692. The van der Waals surface area contributed by atoms with Crippen LogP contribution in [0.3, 0.4) is 0 Å². The fourth-order valence-electron chi connectivity index (χ4n) is 5.63. The Morgan fingerprint density at radius 3 is 2.69 bits per heavy atom. The maximum absolute atomic E-state index is 13.1. The number of hydrogen-bond donors (Lipinski definition) is 2. The Balaban J connectivity index is 1.21. The van der Waals surface area contributed by atoms with Gasteiger partial charge in [0, 0.05) is 39.6 Å². The van der Waals surface area contributed by atoms with Gasteiger partial charge in [0.15, 0.2) is 0 Å². The van der Waals surface area contributed by atoms with Crippen LogP contribution in [0.2, 0.25) is 0 Å². The van der Waals surface area contributed by atoms with Gasteiger partial charge >= 0.3 is 11.8 Å². The monoisotopic (exact) mass is 573 g/mol. The van der Waals surface area contributed by atoms with Gasteiger partial charge < -0.3 is 14.7 Å². The van der Waals surface area contributed by atoms with Crippen molar-refractivity contribution in [2.45, 2.75) is 37.8 Å². The predicted molar refractivity (Wildman–Crippen MR) is 156 cm³/mol. The van der Waals surface area contributed by atoms with Crippen molar-refractivity contribution in [1.82, 2.24) is 24.3 Å². The fraction of sp³-hybridized carbons (Fsp3) is 0.419. The van der Waals surface area contributed by atoms with Crippen LogP contribution < -0.4 is 11.0 Å². The molecule has 0 saturated carbocycles. The summed E-state index contributed by atoms with van der Waals surface area (Å²) in [5.41, 5.74) is 2.70. The van der Waals surface area contributed by atoms with Crippen molar-refractivity contribution in [3.63, 3.8) is 0 Å². The molecule has 1 unspecified atom stereocenters.